The molecule has 34 heavy (non-hydrogen) atoms. The molecule has 3 N–H and O–H groups in total. The number of carbonyl (C=O) groups excluding carboxylic acids is 2. The maximum atomic E-state index is 11.8. The third kappa shape index (κ3) is 9.15. The van der Waals surface area contributed by atoms with Crippen molar-refractivity contribution in [2.24, 2.45) is 11.7 Å². The van der Waals surface area contributed by atoms with E-state index in [0.29, 0.717) is 19.0 Å². The number of carbonyl (C=O) groups is 2. The monoisotopic (exact) mass is 470 g/mol. The number of amides is 1. The molecule has 0 saturated carbocycles. The maximum Gasteiger partial charge on any atom is 0.513 e. The Bertz CT molecular complexity index is 932. The van der Waals surface area contributed by atoms with Gasteiger partial charge in [0, 0.05) is 6.07 Å². The Labute approximate surface area is 201 Å². The molecule has 1 amide bonds. The van der Waals surface area contributed by atoms with Gasteiger partial charge in [0.2, 0.25) is 5.91 Å². The summed E-state index contributed by atoms with van der Waals surface area (Å²) >= 11 is 0. The second-order valence-electron chi connectivity index (χ2n) is 7.77. The Morgan fingerprint density at radius 2 is 1.50 bits per heavy atom. The second-order valence-corrected chi connectivity index (χ2v) is 7.77. The molecule has 2 aromatic carbocycles. The fourth-order valence-corrected chi connectivity index (χ4v) is 2.88. The molecule has 0 radical (unpaired) electrons. The molecule has 0 saturated heterocycles. The highest BCUT2D eigenvalue weighted by Gasteiger charge is 2.16. The summed E-state index contributed by atoms with van der Waals surface area (Å²) in [5.41, 5.74) is 7.61. The normalized spacial score (nSPS) is 11.8. The third-order valence-corrected chi connectivity index (χ3v) is 4.72. The minimum absolute atomic E-state index is 0.0131. The highest BCUT2D eigenvalue weighted by molar-refractivity contribution is 5.81. The second kappa shape index (κ2) is 13.9. The summed E-state index contributed by atoms with van der Waals surface area (Å²) in [4.78, 5) is 23.6. The van der Waals surface area contributed by atoms with Gasteiger partial charge in [-0.2, -0.15) is 0 Å². The molecule has 0 aliphatic rings. The predicted octanol–water partition coefficient (Wildman–Crippen LogP) is 4.27. The average Bonchev–Trinajstić information content (AvgIpc) is 2.81. The van der Waals surface area contributed by atoms with Crippen molar-refractivity contribution in [2.75, 3.05) is 26.4 Å². The zero-order chi connectivity index (χ0) is 24.9. The zero-order valence-corrected chi connectivity index (χ0v) is 20.2. The van der Waals surface area contributed by atoms with Crippen LogP contribution in [0.25, 0.3) is 12.2 Å². The smallest absolute Gasteiger partial charge is 0.494 e. The van der Waals surface area contributed by atoms with E-state index in [1.165, 1.54) is 0 Å². The Morgan fingerprint density at radius 1 is 0.912 bits per heavy atom. The predicted molar refractivity (Wildman–Crippen MR) is 132 cm³/mol. The average molecular weight is 471 g/mol. The van der Waals surface area contributed by atoms with Crippen LogP contribution >= 0.6 is 0 Å². The van der Waals surface area contributed by atoms with E-state index >= 15 is 0 Å². The number of hydrogen-bond acceptors (Lipinski definition) is 7. The number of benzene rings is 2. The van der Waals surface area contributed by atoms with Crippen molar-refractivity contribution in [1.29, 1.82) is 0 Å². The van der Waals surface area contributed by atoms with Gasteiger partial charge < -0.3 is 30.0 Å². The molecule has 1 atom stereocenters. The lowest BCUT2D eigenvalue weighted by atomic mass is 10.1. The highest BCUT2D eigenvalue weighted by Crippen LogP contribution is 2.25. The number of ether oxygens (including phenoxy) is 4. The van der Waals surface area contributed by atoms with Crippen LogP contribution in [0.1, 0.15) is 38.8 Å². The molecule has 0 aromatic heterocycles. The first-order valence-electron chi connectivity index (χ1n) is 11.4. The van der Waals surface area contributed by atoms with Crippen molar-refractivity contribution in [2.45, 2.75) is 33.7 Å². The van der Waals surface area contributed by atoms with Crippen LogP contribution in [0.4, 0.5) is 4.79 Å². The zero-order valence-electron chi connectivity index (χ0n) is 20.2. The number of hydrogen-bond donors (Lipinski definition) is 2. The van der Waals surface area contributed by atoms with Crippen LogP contribution in [0.2, 0.25) is 0 Å². The fraction of sp³-hybridized carbons (Fsp3) is 0.385. The highest BCUT2D eigenvalue weighted by atomic mass is 16.7. The van der Waals surface area contributed by atoms with Gasteiger partial charge >= 0.3 is 6.16 Å². The topological polar surface area (TPSA) is 109 Å². The molecular weight excluding hydrogens is 436 g/mol. The third-order valence-electron chi connectivity index (χ3n) is 4.72. The van der Waals surface area contributed by atoms with Crippen molar-refractivity contribution in [3.05, 3.63) is 53.6 Å². The van der Waals surface area contributed by atoms with Crippen molar-refractivity contribution in [3.63, 3.8) is 0 Å². The van der Waals surface area contributed by atoms with Crippen LogP contribution in [-0.2, 0) is 9.53 Å². The molecule has 8 heteroatoms. The van der Waals surface area contributed by atoms with Gasteiger partial charge in [-0.3, -0.25) is 4.79 Å². The van der Waals surface area contributed by atoms with E-state index in [-0.39, 0.29) is 25.0 Å². The minimum Gasteiger partial charge on any atom is -0.494 e. The van der Waals surface area contributed by atoms with Crippen LogP contribution < -0.4 is 25.3 Å². The summed E-state index contributed by atoms with van der Waals surface area (Å²) in [5, 5.41) is 2.62. The summed E-state index contributed by atoms with van der Waals surface area (Å²) in [6.07, 6.45) is 3.05. The Kier molecular flexibility index (Phi) is 10.9. The molecule has 0 bridgehead atoms. The van der Waals surface area contributed by atoms with Crippen LogP contribution in [0, 0.1) is 5.92 Å². The molecule has 8 nitrogen and oxygen atoms in total. The Balaban J connectivity index is 1.85. The van der Waals surface area contributed by atoms with Gasteiger partial charge in [-0.1, -0.05) is 38.1 Å². The van der Waals surface area contributed by atoms with E-state index in [1.54, 1.807) is 12.1 Å². The summed E-state index contributed by atoms with van der Waals surface area (Å²) in [5.74, 6) is 1.59. The van der Waals surface area contributed by atoms with E-state index in [2.05, 4.69) is 5.32 Å². The van der Waals surface area contributed by atoms with E-state index in [9.17, 15) is 9.59 Å². The van der Waals surface area contributed by atoms with E-state index in [1.807, 2.05) is 70.2 Å². The van der Waals surface area contributed by atoms with Crippen LogP contribution in [0.15, 0.2) is 42.5 Å². The van der Waals surface area contributed by atoms with Crippen LogP contribution in [0.5, 0.6) is 17.2 Å². The molecule has 2 aromatic rings. The van der Waals surface area contributed by atoms with Gasteiger partial charge in [0.15, 0.2) is 0 Å². The van der Waals surface area contributed by atoms with Crippen molar-refractivity contribution in [3.8, 4) is 17.2 Å². The van der Waals surface area contributed by atoms with Gasteiger partial charge in [0.05, 0.1) is 25.8 Å². The lowest BCUT2D eigenvalue weighted by molar-refractivity contribution is -0.123. The van der Waals surface area contributed by atoms with Crippen molar-refractivity contribution < 1.29 is 28.5 Å². The van der Waals surface area contributed by atoms with Gasteiger partial charge in [-0.25, -0.2) is 4.79 Å². The molecule has 2 rings (SSSR count). The summed E-state index contributed by atoms with van der Waals surface area (Å²) in [7, 11) is 0. The van der Waals surface area contributed by atoms with Gasteiger partial charge in [0.25, 0.3) is 0 Å². The molecule has 0 spiro atoms. The largest absolute Gasteiger partial charge is 0.513 e. The summed E-state index contributed by atoms with van der Waals surface area (Å²) < 4.78 is 21.3. The van der Waals surface area contributed by atoms with Crippen LogP contribution in [0.3, 0.4) is 0 Å². The van der Waals surface area contributed by atoms with Gasteiger partial charge in [-0.05, 0) is 55.2 Å². The first-order chi connectivity index (χ1) is 16.3. The lowest BCUT2D eigenvalue weighted by Gasteiger charge is -2.15. The number of nitrogens with two attached hydrogens (primary N) is 1. The SMILES string of the molecule is CCOc1cc(C=Cc2ccc(OC(=O)OCCNC(=O)C(N)C(C)C)cc2)cc(OCC)c1. The molecule has 0 heterocycles. The van der Waals surface area contributed by atoms with Crippen LogP contribution in [-0.4, -0.2) is 44.5 Å². The quantitative estimate of drug-likeness (QED) is 0.206. The molecule has 0 fully saturated rings. The van der Waals surface area contributed by atoms with Gasteiger partial charge in [-0.15, -0.1) is 0 Å². The molecule has 1 unspecified atom stereocenters. The van der Waals surface area contributed by atoms with E-state index in [0.717, 1.165) is 22.6 Å². The molecular formula is C26H34N2O6. The summed E-state index contributed by atoms with van der Waals surface area (Å²) in [6.45, 7) is 8.88. The number of rotatable bonds is 12. The van der Waals surface area contributed by atoms with Crippen molar-refractivity contribution >= 4 is 24.2 Å². The first kappa shape index (κ1) is 26.7. The summed E-state index contributed by atoms with van der Waals surface area (Å²) in [6, 6.07) is 12.1. The fourth-order valence-electron chi connectivity index (χ4n) is 2.88. The molecule has 0 aliphatic heterocycles. The Hall–Kier alpha value is -3.52. The standard InChI is InChI=1S/C26H34N2O6/c1-5-31-22-15-20(16-23(17-22)32-6-2)8-7-19-9-11-21(12-10-19)34-26(30)33-14-13-28-25(29)24(27)18(3)4/h7-12,15-18,24H,5-6,13-14,27H2,1-4H3,(H,28,29). The minimum atomic E-state index is -0.845. The van der Waals surface area contributed by atoms with Gasteiger partial charge in [0.1, 0.15) is 23.9 Å². The van der Waals surface area contributed by atoms with E-state index in [4.69, 9.17) is 24.7 Å². The molecule has 184 valence electrons. The maximum absolute atomic E-state index is 11.8. The first-order valence-corrected chi connectivity index (χ1v) is 11.4. The van der Waals surface area contributed by atoms with E-state index < -0.39 is 12.2 Å². The lowest BCUT2D eigenvalue weighted by Crippen LogP contribution is -2.45. The Morgan fingerprint density at radius 3 is 2.06 bits per heavy atom. The molecule has 0 aliphatic carbocycles. The van der Waals surface area contributed by atoms with Crippen molar-refractivity contribution in [1.82, 2.24) is 5.32 Å². The number of nitrogens with one attached hydrogen (secondary N) is 1.